The highest BCUT2D eigenvalue weighted by molar-refractivity contribution is 7.51. The van der Waals surface area contributed by atoms with Gasteiger partial charge in [0.15, 0.2) is 0 Å². The maximum Gasteiger partial charge on any atom is 0.406 e. The van der Waals surface area contributed by atoms with Crippen molar-refractivity contribution in [3.8, 4) is 0 Å². The van der Waals surface area contributed by atoms with Crippen LogP contribution < -0.4 is 16.3 Å². The van der Waals surface area contributed by atoms with E-state index in [0.717, 1.165) is 19.3 Å². The van der Waals surface area contributed by atoms with E-state index in [9.17, 15) is 18.9 Å². The average Bonchev–Trinajstić information content (AvgIpc) is 3.22. The Hall–Kier alpha value is -2.47. The van der Waals surface area contributed by atoms with Crippen LogP contribution in [-0.2, 0) is 27.9 Å². The fraction of sp³-hybridized carbons (Fsp3) is 0.737. The maximum atomic E-state index is 13.4. The number of aromatic nitrogens is 2. The first-order chi connectivity index (χ1) is 16.2. The van der Waals surface area contributed by atoms with Gasteiger partial charge in [0.05, 0.1) is 32.0 Å². The van der Waals surface area contributed by atoms with Crippen molar-refractivity contribution in [3.05, 3.63) is 43.0 Å². The van der Waals surface area contributed by atoms with Crippen molar-refractivity contribution >= 4 is 13.7 Å². The molecule has 2 aliphatic rings. The molecule has 0 radical (unpaired) electrons. The van der Waals surface area contributed by atoms with Crippen LogP contribution >= 0.6 is 7.75 Å². The Kier molecular flexibility index (Phi) is 9.06. The highest BCUT2D eigenvalue weighted by Gasteiger charge is 2.39. The molecule has 2 fully saturated rings. The summed E-state index contributed by atoms with van der Waals surface area (Å²) >= 11 is 0. The first-order valence-corrected chi connectivity index (χ1v) is 12.6. The molecule has 1 saturated carbocycles. The highest BCUT2D eigenvalue weighted by Crippen LogP contribution is 2.48. The summed E-state index contributed by atoms with van der Waals surface area (Å²) in [6.07, 6.45) is 3.85. The molecule has 4 atom stereocenters. The van der Waals surface area contributed by atoms with Gasteiger partial charge in [-0.25, -0.2) is 14.4 Å². The summed E-state index contributed by atoms with van der Waals surface area (Å²) in [4.78, 5) is 40.5. The zero-order valence-corrected chi connectivity index (χ0v) is 19.9. The van der Waals surface area contributed by atoms with Crippen molar-refractivity contribution in [2.45, 2.75) is 69.9 Å². The van der Waals surface area contributed by atoms with E-state index >= 15 is 0 Å². The third-order valence-corrected chi connectivity index (χ3v) is 7.36. The normalized spacial score (nSPS) is 24.8. The van der Waals surface area contributed by atoms with Gasteiger partial charge in [-0.1, -0.05) is 24.4 Å². The van der Waals surface area contributed by atoms with Crippen molar-refractivity contribution in [2.24, 2.45) is 5.11 Å². The lowest BCUT2D eigenvalue weighted by molar-refractivity contribution is -0.139. The number of azide groups is 1. The molecule has 1 unspecified atom stereocenters. The van der Waals surface area contributed by atoms with Crippen molar-refractivity contribution in [1.82, 2.24) is 14.6 Å². The smallest absolute Gasteiger partial charge is 0.406 e. The molecular weight excluding hydrogens is 471 g/mol. The standard InChI is InChI=1S/C19H29N6O8P/c1-12-10-25(19(28)22-18(12)27)16-8-14(23-24-20)15(32-16)11-31-34(29,21-9-17(26)30-2)33-13-6-4-3-5-7-13/h10,13-16H,3-9,11H2,1-2H3,(H,21,29)(H,22,27,28)/t14-,15+,16+,34?/m0/s1. The van der Waals surface area contributed by atoms with E-state index in [1.54, 1.807) is 6.92 Å². The van der Waals surface area contributed by atoms with Gasteiger partial charge >= 0.3 is 19.4 Å². The number of aryl methyl sites for hydroxylation is 1. The number of H-pyrrole nitrogens is 1. The minimum atomic E-state index is -3.95. The molecule has 0 amide bonds. The minimum Gasteiger partial charge on any atom is -0.468 e. The van der Waals surface area contributed by atoms with Crippen LogP contribution in [-0.4, -0.2) is 54.0 Å². The van der Waals surface area contributed by atoms with Crippen molar-refractivity contribution < 1.29 is 27.9 Å². The van der Waals surface area contributed by atoms with Crippen LogP contribution in [0.4, 0.5) is 0 Å². The molecule has 14 nitrogen and oxygen atoms in total. The number of nitrogens with one attached hydrogen (secondary N) is 2. The minimum absolute atomic E-state index is 0.132. The van der Waals surface area contributed by atoms with Crippen LogP contribution in [0.3, 0.4) is 0 Å². The van der Waals surface area contributed by atoms with Gasteiger partial charge in [0, 0.05) is 23.1 Å². The third kappa shape index (κ3) is 6.78. The second-order valence-electron chi connectivity index (χ2n) is 8.19. The monoisotopic (exact) mass is 500 g/mol. The average molecular weight is 500 g/mol. The van der Waals surface area contributed by atoms with Gasteiger partial charge in [-0.15, -0.1) is 0 Å². The summed E-state index contributed by atoms with van der Waals surface area (Å²) in [6, 6.07) is -0.738. The van der Waals surface area contributed by atoms with Crippen LogP contribution in [0.15, 0.2) is 20.9 Å². The molecule has 2 N–H and O–H groups in total. The Morgan fingerprint density at radius 3 is 2.79 bits per heavy atom. The number of aromatic amines is 1. The SMILES string of the molecule is COC(=O)CNP(=O)(OC[C@H]1O[C@@H](n2cc(C)c(=O)[nH]c2=O)C[C@@H]1N=[N+]=[N-])OC1CCCCC1. The molecule has 2 heterocycles. The Balaban J connectivity index is 1.74. The third-order valence-electron chi connectivity index (χ3n) is 5.75. The molecule has 1 saturated heterocycles. The molecule has 0 spiro atoms. The summed E-state index contributed by atoms with van der Waals surface area (Å²) < 4.78 is 36.4. The number of hydrogen-bond donors (Lipinski definition) is 2. The second-order valence-corrected chi connectivity index (χ2v) is 9.97. The van der Waals surface area contributed by atoms with Gasteiger partial charge in [0.1, 0.15) is 12.8 Å². The summed E-state index contributed by atoms with van der Waals surface area (Å²) in [6.45, 7) is 0.858. The van der Waals surface area contributed by atoms with Gasteiger partial charge in [-0.2, -0.15) is 0 Å². The largest absolute Gasteiger partial charge is 0.468 e. The van der Waals surface area contributed by atoms with Gasteiger partial charge < -0.3 is 9.47 Å². The quantitative estimate of drug-likeness (QED) is 0.159. The van der Waals surface area contributed by atoms with Gasteiger partial charge in [-0.05, 0) is 25.3 Å². The molecule has 1 aliphatic heterocycles. The van der Waals surface area contributed by atoms with Crippen LogP contribution in [0.2, 0.25) is 0 Å². The van der Waals surface area contributed by atoms with Gasteiger partial charge in [-0.3, -0.25) is 28.2 Å². The second kappa shape index (κ2) is 11.8. The molecule has 1 aliphatic carbocycles. The van der Waals surface area contributed by atoms with Crippen LogP contribution in [0.5, 0.6) is 0 Å². The van der Waals surface area contributed by atoms with E-state index in [1.165, 1.54) is 17.9 Å². The lowest BCUT2D eigenvalue weighted by Gasteiger charge is -2.28. The van der Waals surface area contributed by atoms with E-state index in [0.29, 0.717) is 18.4 Å². The molecule has 1 aromatic heterocycles. The fourth-order valence-electron chi connectivity index (χ4n) is 3.91. The van der Waals surface area contributed by atoms with E-state index in [-0.39, 0.29) is 25.7 Å². The van der Waals surface area contributed by atoms with Crippen molar-refractivity contribution in [3.63, 3.8) is 0 Å². The molecule has 15 heteroatoms. The van der Waals surface area contributed by atoms with E-state index in [1.807, 2.05) is 0 Å². The van der Waals surface area contributed by atoms with Crippen molar-refractivity contribution in [1.29, 1.82) is 0 Å². The summed E-state index contributed by atoms with van der Waals surface area (Å²) in [5.41, 5.74) is 8.08. The van der Waals surface area contributed by atoms with Crippen LogP contribution in [0.1, 0.15) is 50.3 Å². The number of rotatable bonds is 10. The molecule has 0 bridgehead atoms. The van der Waals surface area contributed by atoms with Crippen molar-refractivity contribution in [2.75, 3.05) is 20.3 Å². The number of nitrogens with zero attached hydrogens (tertiary/aromatic N) is 4. The molecule has 188 valence electrons. The van der Waals surface area contributed by atoms with E-state index in [2.05, 4.69) is 24.8 Å². The predicted octanol–water partition coefficient (Wildman–Crippen LogP) is 2.05. The molecular formula is C19H29N6O8P. The number of carbonyl (C=O) groups is 1. The number of carbonyl (C=O) groups excluding carboxylic acids is 1. The maximum absolute atomic E-state index is 13.4. The lowest BCUT2D eigenvalue weighted by atomic mass is 9.98. The number of esters is 1. The van der Waals surface area contributed by atoms with Gasteiger partial charge in [0.2, 0.25) is 0 Å². The summed E-state index contributed by atoms with van der Waals surface area (Å²) in [5.74, 6) is -0.645. The van der Waals surface area contributed by atoms with E-state index < -0.39 is 43.3 Å². The van der Waals surface area contributed by atoms with Gasteiger partial charge in [0.25, 0.3) is 5.56 Å². The summed E-state index contributed by atoms with van der Waals surface area (Å²) in [7, 11) is -2.75. The Bertz CT molecular complexity index is 1080. The predicted molar refractivity (Wildman–Crippen MR) is 119 cm³/mol. The number of hydrogen-bond acceptors (Lipinski definition) is 9. The lowest BCUT2D eigenvalue weighted by Crippen LogP contribution is -2.33. The fourth-order valence-corrected chi connectivity index (χ4v) is 5.40. The number of ether oxygens (including phenoxy) is 2. The zero-order valence-electron chi connectivity index (χ0n) is 19.0. The first kappa shape index (κ1) is 26.1. The highest BCUT2D eigenvalue weighted by atomic mass is 31.2. The molecule has 0 aromatic carbocycles. The molecule has 34 heavy (non-hydrogen) atoms. The Labute approximate surface area is 195 Å². The van der Waals surface area contributed by atoms with Crippen LogP contribution in [0.25, 0.3) is 10.4 Å². The topological polar surface area (TPSA) is 187 Å². The molecule has 1 aromatic rings. The zero-order chi connectivity index (χ0) is 24.7. The number of methoxy groups -OCH3 is 1. The first-order valence-electron chi connectivity index (χ1n) is 11.0. The Morgan fingerprint density at radius 1 is 1.38 bits per heavy atom. The summed E-state index contributed by atoms with van der Waals surface area (Å²) in [5, 5.41) is 6.23. The molecule has 3 rings (SSSR count). The van der Waals surface area contributed by atoms with Crippen LogP contribution in [0, 0.1) is 6.92 Å². The van der Waals surface area contributed by atoms with E-state index in [4.69, 9.17) is 19.3 Å². The Morgan fingerprint density at radius 2 is 2.12 bits per heavy atom.